The number of anilines is 2. The Bertz CT molecular complexity index is 483. The quantitative estimate of drug-likeness (QED) is 0.614. The van der Waals surface area contributed by atoms with Crippen molar-refractivity contribution < 1.29 is 4.74 Å². The van der Waals surface area contributed by atoms with Crippen molar-refractivity contribution in [2.24, 2.45) is 5.92 Å². The number of ether oxygens (including phenoxy) is 1. The standard InChI is InChI=1S/C14H22N2O3/c1-10(2)4-3-5-15-11-12(14(18)13(11)17)16-6-8-19-9-7-16/h10,15H,3-9H2,1-2H3. The number of morpholine rings is 1. The van der Waals surface area contributed by atoms with E-state index in [1.807, 2.05) is 4.90 Å². The number of nitrogens with zero attached hydrogens (tertiary/aromatic N) is 1. The van der Waals surface area contributed by atoms with Gasteiger partial charge in [-0.25, -0.2) is 0 Å². The molecule has 1 N–H and O–H groups in total. The van der Waals surface area contributed by atoms with Crippen LogP contribution in [0.5, 0.6) is 0 Å². The summed E-state index contributed by atoms with van der Waals surface area (Å²) in [4.78, 5) is 25.3. The summed E-state index contributed by atoms with van der Waals surface area (Å²) < 4.78 is 5.26. The van der Waals surface area contributed by atoms with Crippen LogP contribution in [0.4, 0.5) is 11.4 Å². The average molecular weight is 266 g/mol. The molecule has 1 fully saturated rings. The average Bonchev–Trinajstić information content (AvgIpc) is 2.42. The molecule has 0 unspecified atom stereocenters. The molecule has 5 heteroatoms. The van der Waals surface area contributed by atoms with Gasteiger partial charge in [-0.05, 0) is 18.8 Å². The van der Waals surface area contributed by atoms with Gasteiger partial charge in [-0.3, -0.25) is 9.59 Å². The maximum absolute atomic E-state index is 11.7. The summed E-state index contributed by atoms with van der Waals surface area (Å²) in [6.45, 7) is 7.71. The fourth-order valence-electron chi connectivity index (χ4n) is 2.36. The van der Waals surface area contributed by atoms with Crippen LogP contribution in [-0.2, 0) is 4.74 Å². The third-order valence-corrected chi connectivity index (χ3v) is 3.47. The Morgan fingerprint density at radius 2 is 1.89 bits per heavy atom. The zero-order valence-corrected chi connectivity index (χ0v) is 11.7. The van der Waals surface area contributed by atoms with E-state index in [4.69, 9.17) is 4.74 Å². The van der Waals surface area contributed by atoms with Gasteiger partial charge in [-0.15, -0.1) is 0 Å². The molecule has 106 valence electrons. The van der Waals surface area contributed by atoms with Crippen molar-refractivity contribution in [2.75, 3.05) is 43.1 Å². The molecule has 1 aliphatic heterocycles. The van der Waals surface area contributed by atoms with E-state index in [1.54, 1.807) is 0 Å². The molecular weight excluding hydrogens is 244 g/mol. The van der Waals surface area contributed by atoms with Crippen LogP contribution in [0.15, 0.2) is 9.59 Å². The molecule has 0 spiro atoms. The first-order valence-corrected chi connectivity index (χ1v) is 7.01. The van der Waals surface area contributed by atoms with Crippen LogP contribution in [0.3, 0.4) is 0 Å². The van der Waals surface area contributed by atoms with Gasteiger partial charge in [0.2, 0.25) is 0 Å². The summed E-state index contributed by atoms with van der Waals surface area (Å²) in [5.74, 6) is 0.660. The Morgan fingerprint density at radius 3 is 2.53 bits per heavy atom. The Hall–Kier alpha value is -1.36. The Kier molecular flexibility index (Phi) is 4.58. The van der Waals surface area contributed by atoms with Crippen molar-refractivity contribution >= 4 is 11.4 Å². The lowest BCUT2D eigenvalue weighted by molar-refractivity contribution is 0.122. The molecule has 5 nitrogen and oxygen atoms in total. The lowest BCUT2D eigenvalue weighted by Crippen LogP contribution is -2.47. The summed E-state index contributed by atoms with van der Waals surface area (Å²) in [6.07, 6.45) is 2.13. The highest BCUT2D eigenvalue weighted by atomic mass is 16.5. The normalized spacial score (nSPS) is 16.3. The maximum Gasteiger partial charge on any atom is 0.253 e. The summed E-state index contributed by atoms with van der Waals surface area (Å²) in [5, 5.41) is 3.13. The van der Waals surface area contributed by atoms with Gasteiger partial charge < -0.3 is 15.0 Å². The van der Waals surface area contributed by atoms with E-state index in [9.17, 15) is 9.59 Å². The van der Waals surface area contributed by atoms with Gasteiger partial charge in [0.05, 0.1) is 13.2 Å². The highest BCUT2D eigenvalue weighted by Crippen LogP contribution is 2.21. The predicted octanol–water partition coefficient (Wildman–Crippen LogP) is 0.967. The van der Waals surface area contributed by atoms with Crippen molar-refractivity contribution in [1.29, 1.82) is 0 Å². The second kappa shape index (κ2) is 6.19. The Labute approximate surface area is 113 Å². The molecule has 0 aliphatic carbocycles. The number of hydrogen-bond acceptors (Lipinski definition) is 5. The third-order valence-electron chi connectivity index (χ3n) is 3.47. The minimum atomic E-state index is -0.369. The van der Waals surface area contributed by atoms with E-state index in [1.165, 1.54) is 0 Å². The summed E-state index contributed by atoms with van der Waals surface area (Å²) >= 11 is 0. The SMILES string of the molecule is CC(C)CCCNc1c(N2CCOCC2)c(=O)c1=O. The van der Waals surface area contributed by atoms with E-state index in [-0.39, 0.29) is 10.9 Å². The van der Waals surface area contributed by atoms with E-state index in [2.05, 4.69) is 19.2 Å². The summed E-state index contributed by atoms with van der Waals surface area (Å²) in [5.41, 5.74) is 0.354. The highest BCUT2D eigenvalue weighted by molar-refractivity contribution is 5.75. The van der Waals surface area contributed by atoms with Crippen molar-refractivity contribution in [3.63, 3.8) is 0 Å². The van der Waals surface area contributed by atoms with Gasteiger partial charge in [-0.2, -0.15) is 0 Å². The topological polar surface area (TPSA) is 58.6 Å². The van der Waals surface area contributed by atoms with Crippen molar-refractivity contribution in [1.82, 2.24) is 0 Å². The molecular formula is C14H22N2O3. The number of hydrogen-bond donors (Lipinski definition) is 1. The molecule has 0 radical (unpaired) electrons. The van der Waals surface area contributed by atoms with Crippen LogP contribution in [0, 0.1) is 5.92 Å². The molecule has 0 amide bonds. The van der Waals surface area contributed by atoms with E-state index in [0.29, 0.717) is 43.6 Å². The van der Waals surface area contributed by atoms with E-state index in [0.717, 1.165) is 19.4 Å². The van der Waals surface area contributed by atoms with E-state index >= 15 is 0 Å². The van der Waals surface area contributed by atoms with Crippen molar-refractivity contribution in [2.45, 2.75) is 26.7 Å². The molecule has 1 aromatic rings. The van der Waals surface area contributed by atoms with Crippen LogP contribution in [0.2, 0.25) is 0 Å². The third kappa shape index (κ3) is 3.15. The molecule has 0 bridgehead atoms. The summed E-state index contributed by atoms with van der Waals surface area (Å²) in [6, 6.07) is 0. The number of rotatable bonds is 6. The second-order valence-corrected chi connectivity index (χ2v) is 5.44. The second-order valence-electron chi connectivity index (χ2n) is 5.44. The molecule has 0 atom stereocenters. The van der Waals surface area contributed by atoms with Crippen LogP contribution in [-0.4, -0.2) is 32.8 Å². The van der Waals surface area contributed by atoms with Crippen LogP contribution in [0.1, 0.15) is 26.7 Å². The van der Waals surface area contributed by atoms with Crippen LogP contribution >= 0.6 is 0 Å². The Balaban J connectivity index is 1.95. The van der Waals surface area contributed by atoms with Crippen molar-refractivity contribution in [3.05, 3.63) is 20.4 Å². The van der Waals surface area contributed by atoms with Gasteiger partial charge in [0, 0.05) is 19.6 Å². The first-order valence-electron chi connectivity index (χ1n) is 7.01. The lowest BCUT2D eigenvalue weighted by Gasteiger charge is -2.30. The van der Waals surface area contributed by atoms with Gasteiger partial charge in [-0.1, -0.05) is 13.8 Å². The largest absolute Gasteiger partial charge is 0.380 e. The fraction of sp³-hybridized carbons (Fsp3) is 0.714. The minimum absolute atomic E-state index is 0.353. The molecule has 2 rings (SSSR count). The molecule has 1 aromatic carbocycles. The zero-order chi connectivity index (χ0) is 13.8. The molecule has 0 aromatic heterocycles. The smallest absolute Gasteiger partial charge is 0.253 e. The van der Waals surface area contributed by atoms with E-state index < -0.39 is 0 Å². The minimum Gasteiger partial charge on any atom is -0.380 e. The van der Waals surface area contributed by atoms with Crippen LogP contribution < -0.4 is 21.1 Å². The molecule has 0 saturated carbocycles. The van der Waals surface area contributed by atoms with Gasteiger partial charge >= 0.3 is 0 Å². The molecule has 1 heterocycles. The van der Waals surface area contributed by atoms with Crippen molar-refractivity contribution in [3.8, 4) is 0 Å². The number of nitrogens with one attached hydrogen (secondary N) is 1. The highest BCUT2D eigenvalue weighted by Gasteiger charge is 2.26. The summed E-state index contributed by atoms with van der Waals surface area (Å²) in [7, 11) is 0. The van der Waals surface area contributed by atoms with Gasteiger partial charge in [0.15, 0.2) is 0 Å². The maximum atomic E-state index is 11.7. The van der Waals surface area contributed by atoms with Gasteiger partial charge in [0.1, 0.15) is 11.4 Å². The zero-order valence-electron chi connectivity index (χ0n) is 11.7. The first-order chi connectivity index (χ1) is 9.11. The first kappa shape index (κ1) is 14.1. The predicted molar refractivity (Wildman–Crippen MR) is 76.9 cm³/mol. The monoisotopic (exact) mass is 266 g/mol. The Morgan fingerprint density at radius 1 is 1.21 bits per heavy atom. The lowest BCUT2D eigenvalue weighted by atomic mass is 10.1. The molecule has 1 aliphatic rings. The fourth-order valence-corrected chi connectivity index (χ4v) is 2.36. The molecule has 1 saturated heterocycles. The van der Waals surface area contributed by atoms with Crippen LogP contribution in [0.25, 0.3) is 0 Å². The van der Waals surface area contributed by atoms with Gasteiger partial charge in [0.25, 0.3) is 10.9 Å². The molecule has 19 heavy (non-hydrogen) atoms.